The molecule has 22 heavy (non-hydrogen) atoms. The quantitative estimate of drug-likeness (QED) is 0.402. The summed E-state index contributed by atoms with van der Waals surface area (Å²) < 4.78 is 6.12. The van der Waals surface area contributed by atoms with E-state index in [1.54, 1.807) is 0 Å². The highest BCUT2D eigenvalue weighted by Gasteiger charge is 2.43. The van der Waals surface area contributed by atoms with E-state index in [2.05, 4.69) is 10.3 Å². The number of carbonyl (C=O) groups excluding carboxylic acids is 1. The van der Waals surface area contributed by atoms with Crippen LogP contribution in [0, 0.1) is 0 Å². The third kappa shape index (κ3) is 3.00. The lowest BCUT2D eigenvalue weighted by atomic mass is 10.1. The molecule has 1 aromatic heterocycles. The summed E-state index contributed by atoms with van der Waals surface area (Å²) >= 11 is 0. The molecule has 1 aromatic rings. The zero-order chi connectivity index (χ0) is 16.4. The van der Waals surface area contributed by atoms with E-state index in [4.69, 9.17) is 9.84 Å². The standard InChI is InChI=1S/C12H17N3O7/c1-5(18)13-10-6(3-16)2-15(12(21)14-10)11-9(20)8(19)7(4-17)22-11/h2,7-9,11,16-17,19-20H,3-4H2,1H3,(H,13,14,18,21)/t7-,8-,9-,11-/m1/s1. The van der Waals surface area contributed by atoms with Crippen LogP contribution < -0.4 is 11.0 Å². The van der Waals surface area contributed by atoms with Gasteiger partial charge in [-0.1, -0.05) is 0 Å². The van der Waals surface area contributed by atoms with E-state index in [0.29, 0.717) is 0 Å². The topological polar surface area (TPSA) is 154 Å². The summed E-state index contributed by atoms with van der Waals surface area (Å²) in [6.45, 7) is 0.172. The molecule has 10 nitrogen and oxygen atoms in total. The zero-order valence-electron chi connectivity index (χ0n) is 11.7. The molecule has 1 aliphatic rings. The predicted molar refractivity (Wildman–Crippen MR) is 71.7 cm³/mol. The monoisotopic (exact) mass is 315 g/mol. The van der Waals surface area contributed by atoms with E-state index in [9.17, 15) is 24.9 Å². The number of aliphatic hydroxyl groups excluding tert-OH is 4. The van der Waals surface area contributed by atoms with E-state index >= 15 is 0 Å². The predicted octanol–water partition coefficient (Wildman–Crippen LogP) is -2.69. The van der Waals surface area contributed by atoms with E-state index in [0.717, 1.165) is 4.57 Å². The zero-order valence-corrected chi connectivity index (χ0v) is 11.7. The van der Waals surface area contributed by atoms with Crippen LogP contribution in [0.3, 0.4) is 0 Å². The molecule has 4 atom stereocenters. The molecule has 1 aliphatic heterocycles. The van der Waals surface area contributed by atoms with Gasteiger partial charge < -0.3 is 30.5 Å². The van der Waals surface area contributed by atoms with Crippen LogP contribution in [-0.2, 0) is 16.1 Å². The van der Waals surface area contributed by atoms with Crippen LogP contribution in [-0.4, -0.2) is 60.8 Å². The molecule has 1 saturated heterocycles. The molecular formula is C12H17N3O7. The third-order valence-electron chi connectivity index (χ3n) is 3.28. The van der Waals surface area contributed by atoms with Gasteiger partial charge in [-0.25, -0.2) is 4.79 Å². The second kappa shape index (κ2) is 6.50. The molecule has 1 fully saturated rings. The molecule has 0 bridgehead atoms. The molecule has 122 valence electrons. The van der Waals surface area contributed by atoms with Crippen molar-refractivity contribution in [3.8, 4) is 0 Å². The van der Waals surface area contributed by atoms with Crippen LogP contribution in [0.1, 0.15) is 18.7 Å². The first kappa shape index (κ1) is 16.5. The SMILES string of the molecule is CC(=O)Nc1nc(=O)n([C@@H]2O[C@H](CO)[C@@H](O)[C@H]2O)cc1CO. The van der Waals surface area contributed by atoms with E-state index in [1.165, 1.54) is 13.1 Å². The van der Waals surface area contributed by atoms with Crippen molar-refractivity contribution < 1.29 is 30.0 Å². The lowest BCUT2D eigenvalue weighted by Gasteiger charge is -2.19. The second-order valence-electron chi connectivity index (χ2n) is 4.87. The number of hydrogen-bond acceptors (Lipinski definition) is 8. The molecule has 0 aromatic carbocycles. The molecule has 1 amide bonds. The molecule has 10 heteroatoms. The van der Waals surface area contributed by atoms with Gasteiger partial charge in [0.2, 0.25) is 5.91 Å². The molecule has 0 radical (unpaired) electrons. The fourth-order valence-electron chi connectivity index (χ4n) is 2.19. The van der Waals surface area contributed by atoms with Crippen LogP contribution >= 0.6 is 0 Å². The van der Waals surface area contributed by atoms with Crippen molar-refractivity contribution in [2.75, 3.05) is 11.9 Å². The Morgan fingerprint density at radius 3 is 2.59 bits per heavy atom. The minimum absolute atomic E-state index is 0.0945. The van der Waals surface area contributed by atoms with Gasteiger partial charge in [-0.05, 0) is 0 Å². The summed E-state index contributed by atoms with van der Waals surface area (Å²) in [5, 5.41) is 40.3. The van der Waals surface area contributed by atoms with E-state index in [-0.39, 0.29) is 11.4 Å². The Kier molecular flexibility index (Phi) is 4.88. The Labute approximate surface area is 124 Å². The second-order valence-corrected chi connectivity index (χ2v) is 4.87. The number of aliphatic hydroxyl groups is 4. The number of nitrogens with one attached hydrogen (secondary N) is 1. The molecule has 5 N–H and O–H groups in total. The molecular weight excluding hydrogens is 298 g/mol. The summed E-state index contributed by atoms with van der Waals surface area (Å²) in [6.07, 6.45) is -3.95. The Hall–Kier alpha value is -1.85. The van der Waals surface area contributed by atoms with Gasteiger partial charge in [0.05, 0.1) is 13.2 Å². The number of ether oxygens (including phenoxy) is 1. The Morgan fingerprint density at radius 2 is 2.09 bits per heavy atom. The van der Waals surface area contributed by atoms with Crippen molar-refractivity contribution in [1.29, 1.82) is 0 Å². The minimum atomic E-state index is -1.45. The molecule has 2 rings (SSSR count). The lowest BCUT2D eigenvalue weighted by molar-refractivity contribution is -0.114. The van der Waals surface area contributed by atoms with Gasteiger partial charge in [0, 0.05) is 18.7 Å². The third-order valence-corrected chi connectivity index (χ3v) is 3.28. The number of hydrogen-bond donors (Lipinski definition) is 5. The van der Waals surface area contributed by atoms with Crippen molar-refractivity contribution in [3.05, 3.63) is 22.2 Å². The van der Waals surface area contributed by atoms with Gasteiger partial charge in [-0.3, -0.25) is 9.36 Å². The fraction of sp³-hybridized carbons (Fsp3) is 0.583. The van der Waals surface area contributed by atoms with Gasteiger partial charge in [0.15, 0.2) is 6.23 Å². The number of rotatable bonds is 4. The number of nitrogens with zero attached hydrogens (tertiary/aromatic N) is 2. The maximum absolute atomic E-state index is 12.0. The summed E-state index contributed by atoms with van der Waals surface area (Å²) in [7, 11) is 0. The van der Waals surface area contributed by atoms with Crippen LogP contribution in [0.5, 0.6) is 0 Å². The number of carbonyl (C=O) groups is 1. The highest BCUT2D eigenvalue weighted by atomic mass is 16.6. The van der Waals surface area contributed by atoms with Crippen molar-refractivity contribution in [2.24, 2.45) is 0 Å². The van der Waals surface area contributed by atoms with Gasteiger partial charge in [0.1, 0.15) is 24.1 Å². The average Bonchev–Trinajstić information content (AvgIpc) is 2.75. The van der Waals surface area contributed by atoms with Crippen molar-refractivity contribution in [1.82, 2.24) is 9.55 Å². The Morgan fingerprint density at radius 1 is 1.41 bits per heavy atom. The summed E-state index contributed by atoms with van der Waals surface area (Å²) in [4.78, 5) is 26.7. The number of anilines is 1. The molecule has 2 heterocycles. The van der Waals surface area contributed by atoms with E-state index < -0.39 is 49.4 Å². The highest BCUT2D eigenvalue weighted by molar-refractivity contribution is 5.88. The fourth-order valence-corrected chi connectivity index (χ4v) is 2.19. The van der Waals surface area contributed by atoms with Gasteiger partial charge >= 0.3 is 5.69 Å². The summed E-state index contributed by atoms with van der Waals surface area (Å²) in [5.74, 6) is -0.560. The minimum Gasteiger partial charge on any atom is -0.394 e. The van der Waals surface area contributed by atoms with Crippen molar-refractivity contribution in [3.63, 3.8) is 0 Å². The van der Waals surface area contributed by atoms with Gasteiger partial charge in [-0.2, -0.15) is 4.98 Å². The first-order valence-electron chi connectivity index (χ1n) is 6.52. The van der Waals surface area contributed by atoms with Gasteiger partial charge in [0.25, 0.3) is 0 Å². The maximum Gasteiger partial charge on any atom is 0.351 e. The number of aromatic nitrogens is 2. The van der Waals surface area contributed by atoms with E-state index in [1.807, 2.05) is 0 Å². The molecule has 0 unspecified atom stereocenters. The number of amides is 1. The summed E-state index contributed by atoms with van der Waals surface area (Å²) in [6, 6.07) is 0. The molecule has 0 aliphatic carbocycles. The first-order chi connectivity index (χ1) is 10.4. The van der Waals surface area contributed by atoms with Crippen LogP contribution in [0.4, 0.5) is 5.82 Å². The maximum atomic E-state index is 12.0. The molecule has 0 saturated carbocycles. The van der Waals surface area contributed by atoms with Gasteiger partial charge in [-0.15, -0.1) is 0 Å². The summed E-state index contributed by atoms with van der Waals surface area (Å²) in [5.41, 5.74) is -0.719. The lowest BCUT2D eigenvalue weighted by Crippen LogP contribution is -2.36. The first-order valence-corrected chi connectivity index (χ1v) is 6.52. The average molecular weight is 315 g/mol. The highest BCUT2D eigenvalue weighted by Crippen LogP contribution is 2.28. The largest absolute Gasteiger partial charge is 0.394 e. The van der Waals surface area contributed by atoms with Crippen LogP contribution in [0.15, 0.2) is 11.0 Å². The van der Waals surface area contributed by atoms with Crippen molar-refractivity contribution in [2.45, 2.75) is 38.1 Å². The molecule has 0 spiro atoms. The van der Waals surface area contributed by atoms with Crippen LogP contribution in [0.25, 0.3) is 0 Å². The Bertz CT molecular complexity index is 617. The smallest absolute Gasteiger partial charge is 0.351 e. The van der Waals surface area contributed by atoms with Crippen LogP contribution in [0.2, 0.25) is 0 Å². The van der Waals surface area contributed by atoms with Crippen molar-refractivity contribution >= 4 is 11.7 Å². The normalized spacial score (nSPS) is 27.9. The Balaban J connectivity index is 2.40.